The average Bonchev–Trinajstić information content (AvgIpc) is 3.63. The molecule has 6 nitrogen and oxygen atoms in total. The molecule has 5 aliphatic heterocycles. The van der Waals surface area contributed by atoms with E-state index in [9.17, 15) is 0 Å². The zero-order valence-electron chi connectivity index (χ0n) is 31.0. The summed E-state index contributed by atoms with van der Waals surface area (Å²) in [5.74, 6) is 6.84. The molecule has 0 amide bonds. The molecule has 9 aliphatic rings. The maximum atomic E-state index is 7.18. The lowest BCUT2D eigenvalue weighted by atomic mass is 9.54. The van der Waals surface area contributed by atoms with Crippen LogP contribution in [0.2, 0.25) is 0 Å². The molecule has 1 spiro atoms. The zero-order valence-corrected chi connectivity index (χ0v) is 31.0. The van der Waals surface area contributed by atoms with Gasteiger partial charge in [0.05, 0.1) is 17.6 Å². The molecule has 2 fully saturated rings. The highest BCUT2D eigenvalue weighted by molar-refractivity contribution is 5.76. The number of benzene rings is 2. The summed E-state index contributed by atoms with van der Waals surface area (Å²) in [6.45, 7) is 7.10. The van der Waals surface area contributed by atoms with Crippen molar-refractivity contribution in [2.45, 2.75) is 107 Å². The second-order valence-electron chi connectivity index (χ2n) is 17.4. The van der Waals surface area contributed by atoms with Crippen LogP contribution in [0.5, 0.6) is 11.5 Å². The molecule has 2 aromatic carbocycles. The molecular weight excluding hydrogens is 657 g/mol. The first kappa shape index (κ1) is 32.2. The summed E-state index contributed by atoms with van der Waals surface area (Å²) in [6.07, 6.45) is 26.0. The number of ether oxygens (including phenoxy) is 4. The third kappa shape index (κ3) is 4.51. The van der Waals surface area contributed by atoms with E-state index in [0.29, 0.717) is 29.6 Å². The summed E-state index contributed by atoms with van der Waals surface area (Å²) in [5, 5.41) is 0. The van der Waals surface area contributed by atoms with Gasteiger partial charge < -0.3 is 24.7 Å². The molecule has 2 N–H and O–H groups in total. The fraction of sp³-hybridized carbons (Fsp3) is 0.468. The SMILES string of the molecule is CC1C=CC2=C(C1)C1(c3ccc(C4CC=CC5=C4OC4C=NC54)cc3O2)c2ccc(C3CCC(C)C4C(C)C(/C=C\N)OC34)cc2OC2CC=CCC21. The van der Waals surface area contributed by atoms with Crippen LogP contribution in [0.15, 0.2) is 113 Å². The van der Waals surface area contributed by atoms with Crippen LogP contribution >= 0.6 is 0 Å². The number of nitrogens with zero attached hydrogens (tertiary/aromatic N) is 1. The van der Waals surface area contributed by atoms with Crippen molar-refractivity contribution in [3.05, 3.63) is 130 Å². The van der Waals surface area contributed by atoms with Crippen molar-refractivity contribution in [2.24, 2.45) is 40.3 Å². The maximum absolute atomic E-state index is 7.18. The van der Waals surface area contributed by atoms with E-state index in [0.717, 1.165) is 55.1 Å². The largest absolute Gasteiger partial charge is 0.489 e. The third-order valence-corrected chi connectivity index (χ3v) is 14.7. The van der Waals surface area contributed by atoms with Gasteiger partial charge in [0.2, 0.25) is 0 Å². The van der Waals surface area contributed by atoms with E-state index >= 15 is 0 Å². The molecule has 0 radical (unpaired) electrons. The first-order valence-corrected chi connectivity index (χ1v) is 20.3. The lowest BCUT2D eigenvalue weighted by molar-refractivity contribution is 0.00829. The van der Waals surface area contributed by atoms with Gasteiger partial charge >= 0.3 is 0 Å². The van der Waals surface area contributed by atoms with E-state index in [1.807, 2.05) is 6.21 Å². The van der Waals surface area contributed by atoms with Crippen LogP contribution in [-0.2, 0) is 14.9 Å². The molecule has 5 heterocycles. The minimum atomic E-state index is -0.366. The van der Waals surface area contributed by atoms with Crippen molar-refractivity contribution in [3.8, 4) is 11.5 Å². The molecule has 13 unspecified atom stereocenters. The lowest BCUT2D eigenvalue weighted by Crippen LogP contribution is -2.52. The molecular formula is C47H50N2O4. The van der Waals surface area contributed by atoms with Gasteiger partial charge in [-0.15, -0.1) is 0 Å². The molecule has 1 saturated heterocycles. The number of aliphatic imine (C=N–C) groups is 1. The highest BCUT2D eigenvalue weighted by Gasteiger charge is 2.58. The minimum absolute atomic E-state index is 0.0662. The van der Waals surface area contributed by atoms with Gasteiger partial charge in [0.15, 0.2) is 6.10 Å². The van der Waals surface area contributed by atoms with Crippen molar-refractivity contribution in [2.75, 3.05) is 0 Å². The van der Waals surface area contributed by atoms with Crippen molar-refractivity contribution in [1.82, 2.24) is 0 Å². The molecule has 0 bridgehead atoms. The van der Waals surface area contributed by atoms with Crippen LogP contribution in [-0.4, -0.2) is 36.7 Å². The topological polar surface area (TPSA) is 75.3 Å². The molecule has 1 saturated carbocycles. The van der Waals surface area contributed by atoms with Crippen LogP contribution in [0, 0.1) is 29.6 Å². The predicted molar refractivity (Wildman–Crippen MR) is 207 cm³/mol. The van der Waals surface area contributed by atoms with Crippen LogP contribution in [0.4, 0.5) is 0 Å². The Morgan fingerprint density at radius 1 is 0.887 bits per heavy atom. The fourth-order valence-electron chi connectivity index (χ4n) is 12.2. The first-order valence-electron chi connectivity index (χ1n) is 20.3. The second kappa shape index (κ2) is 11.9. The van der Waals surface area contributed by atoms with E-state index in [1.54, 1.807) is 6.20 Å². The number of nitrogens with two attached hydrogens (primary N) is 1. The van der Waals surface area contributed by atoms with Crippen molar-refractivity contribution in [3.63, 3.8) is 0 Å². The molecule has 53 heavy (non-hydrogen) atoms. The zero-order chi connectivity index (χ0) is 35.6. The summed E-state index contributed by atoms with van der Waals surface area (Å²) < 4.78 is 27.6. The molecule has 4 aliphatic carbocycles. The van der Waals surface area contributed by atoms with Crippen molar-refractivity contribution in [1.29, 1.82) is 0 Å². The number of fused-ring (bicyclic) bond motifs is 10. The number of hydrogen-bond acceptors (Lipinski definition) is 6. The maximum Gasteiger partial charge on any atom is 0.159 e. The standard InChI is InChI=1S/C47H50N2O4/c1-25-11-18-39-36(21-25)47(35-16-13-28(22-41(35)51-39)30-7-6-8-32-44-42(24-49-44)53-45(30)32)33-9-4-5-10-38(33)50-40-23-29(14-17-34(40)47)31-15-12-26(2)43-27(3)37(19-20-48)52-46(31)43/h4-6,8,11,13-14,16-20,22-27,30-31,33,37-38,42-44,46H,7,9-10,12,15,21,48H2,1-3H3/b20-19-. The average molecular weight is 707 g/mol. The van der Waals surface area contributed by atoms with Crippen LogP contribution < -0.4 is 15.2 Å². The van der Waals surface area contributed by atoms with E-state index in [2.05, 4.69) is 105 Å². The van der Waals surface area contributed by atoms with Crippen LogP contribution in [0.1, 0.15) is 93.4 Å². The summed E-state index contributed by atoms with van der Waals surface area (Å²) in [4.78, 5) is 4.62. The van der Waals surface area contributed by atoms with Gasteiger partial charge in [0.1, 0.15) is 35.2 Å². The summed E-state index contributed by atoms with van der Waals surface area (Å²) in [7, 11) is 0. The molecule has 0 aromatic heterocycles. The summed E-state index contributed by atoms with van der Waals surface area (Å²) in [6, 6.07) is 14.5. The van der Waals surface area contributed by atoms with Gasteiger partial charge in [-0.05, 0) is 103 Å². The van der Waals surface area contributed by atoms with Gasteiger partial charge in [-0.1, -0.05) is 75.4 Å². The van der Waals surface area contributed by atoms with Crippen molar-refractivity contribution < 1.29 is 18.9 Å². The smallest absolute Gasteiger partial charge is 0.159 e. The Balaban J connectivity index is 1.05. The highest BCUT2D eigenvalue weighted by Crippen LogP contribution is 2.63. The Morgan fingerprint density at radius 3 is 2.57 bits per heavy atom. The quantitative estimate of drug-likeness (QED) is 0.323. The molecule has 272 valence electrons. The van der Waals surface area contributed by atoms with Crippen LogP contribution in [0.25, 0.3) is 0 Å². The molecule has 6 heteroatoms. The minimum Gasteiger partial charge on any atom is -0.489 e. The van der Waals surface area contributed by atoms with E-state index in [-0.39, 0.29) is 47.7 Å². The molecule has 2 aromatic rings. The number of rotatable bonds is 3. The van der Waals surface area contributed by atoms with Gasteiger partial charge in [0, 0.05) is 47.1 Å². The summed E-state index contributed by atoms with van der Waals surface area (Å²) in [5.41, 5.74) is 13.3. The summed E-state index contributed by atoms with van der Waals surface area (Å²) >= 11 is 0. The van der Waals surface area contributed by atoms with Gasteiger partial charge in [-0.2, -0.15) is 0 Å². The fourth-order valence-corrected chi connectivity index (χ4v) is 12.2. The van der Waals surface area contributed by atoms with E-state index in [1.165, 1.54) is 39.8 Å². The highest BCUT2D eigenvalue weighted by atomic mass is 16.5. The Morgan fingerprint density at radius 2 is 1.72 bits per heavy atom. The van der Waals surface area contributed by atoms with E-state index < -0.39 is 0 Å². The molecule has 11 rings (SSSR count). The Hall–Kier alpha value is -4.29. The lowest BCUT2D eigenvalue weighted by Gasteiger charge is -2.54. The Labute approximate surface area is 313 Å². The Bertz CT molecular complexity index is 2100. The van der Waals surface area contributed by atoms with Crippen molar-refractivity contribution >= 4 is 6.21 Å². The predicted octanol–water partition coefficient (Wildman–Crippen LogP) is 9.10. The third-order valence-electron chi connectivity index (χ3n) is 14.7. The normalized spacial score (nSPS) is 41.0. The Kier molecular flexibility index (Phi) is 7.19. The first-order chi connectivity index (χ1) is 25.9. The van der Waals surface area contributed by atoms with Gasteiger partial charge in [0.25, 0.3) is 0 Å². The molecule has 13 atom stereocenters. The van der Waals surface area contributed by atoms with E-state index in [4.69, 9.17) is 24.7 Å². The monoisotopic (exact) mass is 706 g/mol. The number of hydrogen-bond donors (Lipinski definition) is 1. The number of allylic oxidation sites excluding steroid dienone is 6. The van der Waals surface area contributed by atoms with Crippen LogP contribution in [0.3, 0.4) is 0 Å². The second-order valence-corrected chi connectivity index (χ2v) is 17.4. The van der Waals surface area contributed by atoms with Gasteiger partial charge in [-0.3, -0.25) is 4.99 Å². The van der Waals surface area contributed by atoms with Gasteiger partial charge in [-0.25, -0.2) is 0 Å².